The second-order valence-corrected chi connectivity index (χ2v) is 10.2. The predicted molar refractivity (Wildman–Crippen MR) is 95.4 cm³/mol. The molecular weight excluding hydrogens is 368 g/mol. The Morgan fingerprint density at radius 2 is 1.75 bits per heavy atom. The first-order chi connectivity index (χ1) is 11.2. The van der Waals surface area contributed by atoms with Crippen LogP contribution < -0.4 is 4.72 Å². The normalized spacial score (nSPS) is 12.4. The van der Waals surface area contributed by atoms with Crippen molar-refractivity contribution in [2.24, 2.45) is 0 Å². The van der Waals surface area contributed by atoms with Gasteiger partial charge in [-0.15, -0.1) is 11.3 Å². The molecule has 0 saturated heterocycles. The fourth-order valence-electron chi connectivity index (χ4n) is 2.13. The third-order valence-corrected chi connectivity index (χ3v) is 7.12. The Hall–Kier alpha value is -1.97. The molecule has 0 aliphatic carbocycles. The lowest BCUT2D eigenvalue weighted by molar-refractivity contribution is 0.599. The van der Waals surface area contributed by atoms with Gasteiger partial charge in [-0.1, -0.05) is 30.3 Å². The number of hydrogen-bond donors (Lipinski definition) is 1. The fraction of sp³-hybridized carbons (Fsp3) is 0.133. The number of sulfonamides is 1. The van der Waals surface area contributed by atoms with Crippen molar-refractivity contribution in [3.8, 4) is 0 Å². The van der Waals surface area contributed by atoms with Crippen molar-refractivity contribution in [3.63, 3.8) is 0 Å². The Kier molecular flexibility index (Phi) is 4.33. The molecule has 0 aliphatic rings. The third-order valence-electron chi connectivity index (χ3n) is 3.16. The van der Waals surface area contributed by atoms with Gasteiger partial charge in [0.05, 0.1) is 21.7 Å². The van der Waals surface area contributed by atoms with E-state index in [4.69, 9.17) is 0 Å². The van der Waals surface area contributed by atoms with Gasteiger partial charge in [-0.2, -0.15) is 0 Å². The maximum absolute atomic E-state index is 12.3. The van der Waals surface area contributed by atoms with Gasteiger partial charge in [0.2, 0.25) is 24.2 Å². The molecule has 0 unspecified atom stereocenters. The summed E-state index contributed by atoms with van der Waals surface area (Å²) in [6, 6.07) is 13.6. The number of nitrogens with one attached hydrogen (secondary N) is 1. The van der Waals surface area contributed by atoms with Gasteiger partial charge in [-0.3, -0.25) is 4.72 Å². The molecule has 24 heavy (non-hydrogen) atoms. The molecule has 3 rings (SSSR count). The van der Waals surface area contributed by atoms with Crippen LogP contribution in [-0.4, -0.2) is 28.1 Å². The molecule has 1 aromatic heterocycles. The van der Waals surface area contributed by atoms with Gasteiger partial charge in [0.15, 0.2) is 0 Å². The molecular formula is C15H14N2O4S3. The Morgan fingerprint density at radius 3 is 2.42 bits per heavy atom. The molecule has 126 valence electrons. The van der Waals surface area contributed by atoms with Gasteiger partial charge < -0.3 is 0 Å². The minimum atomic E-state index is -3.56. The number of rotatable bonds is 5. The number of benzene rings is 2. The highest BCUT2D eigenvalue weighted by Gasteiger charge is 2.16. The van der Waals surface area contributed by atoms with Crippen molar-refractivity contribution in [1.29, 1.82) is 0 Å². The fourth-order valence-corrected chi connectivity index (χ4v) is 5.20. The van der Waals surface area contributed by atoms with E-state index in [1.165, 1.54) is 0 Å². The zero-order valence-electron chi connectivity index (χ0n) is 12.6. The SMILES string of the molecule is CS(=O)(=O)c1nc2ccc(NS(=O)(=O)Cc3ccccc3)cc2s1. The van der Waals surface area contributed by atoms with Crippen molar-refractivity contribution in [2.75, 3.05) is 11.0 Å². The number of aromatic nitrogens is 1. The van der Waals surface area contributed by atoms with E-state index in [0.29, 0.717) is 21.5 Å². The van der Waals surface area contributed by atoms with Crippen LogP contribution in [-0.2, 0) is 25.6 Å². The topological polar surface area (TPSA) is 93.2 Å². The maximum atomic E-state index is 12.3. The quantitative estimate of drug-likeness (QED) is 0.732. The molecule has 0 bridgehead atoms. The average Bonchev–Trinajstić information content (AvgIpc) is 2.90. The van der Waals surface area contributed by atoms with Crippen molar-refractivity contribution >= 4 is 47.1 Å². The second kappa shape index (κ2) is 6.15. The maximum Gasteiger partial charge on any atom is 0.236 e. The molecule has 3 aromatic rings. The minimum Gasteiger partial charge on any atom is -0.283 e. The van der Waals surface area contributed by atoms with Crippen LogP contribution in [0.1, 0.15) is 5.56 Å². The van der Waals surface area contributed by atoms with Crippen LogP contribution in [0.4, 0.5) is 5.69 Å². The molecule has 1 heterocycles. The Morgan fingerprint density at radius 1 is 1.04 bits per heavy atom. The summed E-state index contributed by atoms with van der Waals surface area (Å²) in [6.07, 6.45) is 1.09. The van der Waals surface area contributed by atoms with Gasteiger partial charge in [-0.05, 0) is 23.8 Å². The minimum absolute atomic E-state index is 0.0155. The second-order valence-electron chi connectivity index (χ2n) is 5.28. The van der Waals surface area contributed by atoms with Crippen LogP contribution in [0, 0.1) is 0 Å². The molecule has 6 nitrogen and oxygen atoms in total. The number of anilines is 1. The predicted octanol–water partition coefficient (Wildman–Crippen LogP) is 2.64. The van der Waals surface area contributed by atoms with Crippen molar-refractivity contribution in [1.82, 2.24) is 4.98 Å². The summed E-state index contributed by atoms with van der Waals surface area (Å²) in [7, 11) is -6.95. The van der Waals surface area contributed by atoms with E-state index in [-0.39, 0.29) is 10.1 Å². The standard InChI is InChI=1S/C15H14N2O4S3/c1-23(18,19)15-16-13-8-7-12(9-14(13)22-15)17-24(20,21)10-11-5-3-2-4-6-11/h2-9,17H,10H2,1H3. The number of fused-ring (bicyclic) bond motifs is 1. The third kappa shape index (κ3) is 3.92. The first kappa shape index (κ1) is 16.9. The molecule has 0 amide bonds. The van der Waals surface area contributed by atoms with Crippen LogP contribution in [0.3, 0.4) is 0 Å². The lowest BCUT2D eigenvalue weighted by atomic mass is 10.2. The molecule has 0 fully saturated rings. The van der Waals surface area contributed by atoms with E-state index in [1.807, 2.05) is 6.07 Å². The lowest BCUT2D eigenvalue weighted by Crippen LogP contribution is -2.14. The van der Waals surface area contributed by atoms with Gasteiger partial charge in [0, 0.05) is 6.26 Å². The molecule has 0 spiro atoms. The lowest BCUT2D eigenvalue weighted by Gasteiger charge is -2.08. The summed E-state index contributed by atoms with van der Waals surface area (Å²) in [5.41, 5.74) is 1.58. The first-order valence-electron chi connectivity index (χ1n) is 6.88. The highest BCUT2D eigenvalue weighted by atomic mass is 32.2. The highest BCUT2D eigenvalue weighted by Crippen LogP contribution is 2.28. The van der Waals surface area contributed by atoms with Crippen LogP contribution in [0.2, 0.25) is 0 Å². The highest BCUT2D eigenvalue weighted by molar-refractivity contribution is 7.92. The van der Waals surface area contributed by atoms with Crippen LogP contribution >= 0.6 is 11.3 Å². The number of sulfone groups is 1. The molecule has 2 aromatic carbocycles. The zero-order valence-corrected chi connectivity index (χ0v) is 15.1. The number of hydrogen-bond acceptors (Lipinski definition) is 6. The zero-order chi connectivity index (χ0) is 17.4. The summed E-state index contributed by atoms with van der Waals surface area (Å²) >= 11 is 1.01. The Bertz CT molecular complexity index is 1090. The molecule has 9 heteroatoms. The largest absolute Gasteiger partial charge is 0.283 e. The molecule has 0 aliphatic heterocycles. The van der Waals surface area contributed by atoms with E-state index in [9.17, 15) is 16.8 Å². The van der Waals surface area contributed by atoms with E-state index < -0.39 is 19.9 Å². The van der Waals surface area contributed by atoms with Crippen LogP contribution in [0.25, 0.3) is 10.2 Å². The summed E-state index contributed by atoms with van der Waals surface area (Å²) in [5, 5.41) is 0. The molecule has 0 atom stereocenters. The monoisotopic (exact) mass is 382 g/mol. The molecule has 0 saturated carbocycles. The number of nitrogens with zero attached hydrogens (tertiary/aromatic N) is 1. The summed E-state index contributed by atoms with van der Waals surface area (Å²) < 4.78 is 50.7. The molecule has 1 N–H and O–H groups in total. The van der Waals surface area contributed by atoms with Gasteiger partial charge in [-0.25, -0.2) is 21.8 Å². The van der Waals surface area contributed by atoms with E-state index in [1.54, 1.807) is 42.5 Å². The summed E-state index contributed by atoms with van der Waals surface area (Å²) in [6.45, 7) is 0. The number of thiazole rings is 1. The Labute approximate surface area is 144 Å². The van der Waals surface area contributed by atoms with Gasteiger partial charge in [0.25, 0.3) is 0 Å². The van der Waals surface area contributed by atoms with Crippen molar-refractivity contribution in [3.05, 3.63) is 54.1 Å². The van der Waals surface area contributed by atoms with Gasteiger partial charge >= 0.3 is 0 Å². The van der Waals surface area contributed by atoms with Crippen LogP contribution in [0.5, 0.6) is 0 Å². The van der Waals surface area contributed by atoms with E-state index in [0.717, 1.165) is 17.6 Å². The summed E-state index contributed by atoms with van der Waals surface area (Å²) in [4.78, 5) is 4.04. The van der Waals surface area contributed by atoms with Crippen molar-refractivity contribution in [2.45, 2.75) is 10.1 Å². The average molecular weight is 382 g/mol. The Balaban J connectivity index is 1.87. The van der Waals surface area contributed by atoms with Crippen LogP contribution in [0.15, 0.2) is 52.9 Å². The van der Waals surface area contributed by atoms with Gasteiger partial charge in [0.1, 0.15) is 0 Å². The van der Waals surface area contributed by atoms with E-state index >= 15 is 0 Å². The van der Waals surface area contributed by atoms with E-state index in [2.05, 4.69) is 9.71 Å². The first-order valence-corrected chi connectivity index (χ1v) is 11.2. The molecule has 0 radical (unpaired) electrons. The smallest absolute Gasteiger partial charge is 0.236 e. The summed E-state index contributed by atoms with van der Waals surface area (Å²) in [5.74, 6) is -0.136. The van der Waals surface area contributed by atoms with Crippen molar-refractivity contribution < 1.29 is 16.8 Å².